The topological polar surface area (TPSA) is 46.3 Å². The van der Waals surface area contributed by atoms with Gasteiger partial charge in [0.05, 0.1) is 4.88 Å². The highest BCUT2D eigenvalue weighted by Gasteiger charge is 2.15. The Morgan fingerprint density at radius 3 is 2.57 bits per heavy atom. The molecule has 1 heterocycles. The SMILES string of the molecule is CN(Cc1ccc(N)cc1)C(=O)c1cc2ccccc2s1. The van der Waals surface area contributed by atoms with Gasteiger partial charge in [0, 0.05) is 24.0 Å². The van der Waals surface area contributed by atoms with Crippen molar-refractivity contribution < 1.29 is 4.79 Å². The molecule has 21 heavy (non-hydrogen) atoms. The third kappa shape index (κ3) is 2.90. The third-order valence-corrected chi connectivity index (χ3v) is 4.49. The fraction of sp³-hybridized carbons (Fsp3) is 0.118. The summed E-state index contributed by atoms with van der Waals surface area (Å²) in [6.07, 6.45) is 0. The van der Waals surface area contributed by atoms with Crippen molar-refractivity contribution in [2.24, 2.45) is 0 Å². The Morgan fingerprint density at radius 1 is 1.14 bits per heavy atom. The van der Waals surface area contributed by atoms with Gasteiger partial charge in [-0.25, -0.2) is 0 Å². The molecule has 3 aromatic rings. The minimum Gasteiger partial charge on any atom is -0.399 e. The first-order chi connectivity index (χ1) is 10.1. The molecule has 0 aliphatic rings. The van der Waals surface area contributed by atoms with Crippen molar-refractivity contribution in [1.29, 1.82) is 0 Å². The first-order valence-corrected chi connectivity index (χ1v) is 7.53. The molecule has 0 fully saturated rings. The monoisotopic (exact) mass is 296 g/mol. The smallest absolute Gasteiger partial charge is 0.264 e. The largest absolute Gasteiger partial charge is 0.399 e. The van der Waals surface area contributed by atoms with Crippen molar-refractivity contribution >= 4 is 33.0 Å². The van der Waals surface area contributed by atoms with Crippen LogP contribution in [0.15, 0.2) is 54.6 Å². The Hall–Kier alpha value is -2.33. The van der Waals surface area contributed by atoms with Crippen LogP contribution in [0.2, 0.25) is 0 Å². The molecule has 0 saturated heterocycles. The van der Waals surface area contributed by atoms with Crippen LogP contribution >= 0.6 is 11.3 Å². The lowest BCUT2D eigenvalue weighted by atomic mass is 10.2. The second kappa shape index (κ2) is 5.58. The van der Waals surface area contributed by atoms with E-state index in [1.807, 2.05) is 61.6 Å². The molecule has 2 aromatic carbocycles. The second-order valence-electron chi connectivity index (χ2n) is 5.05. The standard InChI is InChI=1S/C17H16N2OS/c1-19(11-12-6-8-14(18)9-7-12)17(20)16-10-13-4-2-3-5-15(13)21-16/h2-10H,11,18H2,1H3. The molecule has 0 aliphatic heterocycles. The molecule has 0 radical (unpaired) electrons. The van der Waals surface area contributed by atoms with Crippen molar-refractivity contribution in [1.82, 2.24) is 4.90 Å². The van der Waals surface area contributed by atoms with E-state index in [0.717, 1.165) is 26.2 Å². The summed E-state index contributed by atoms with van der Waals surface area (Å²) >= 11 is 1.54. The number of anilines is 1. The summed E-state index contributed by atoms with van der Waals surface area (Å²) in [5, 5.41) is 1.12. The van der Waals surface area contributed by atoms with Crippen LogP contribution in [-0.2, 0) is 6.54 Å². The molecule has 1 aromatic heterocycles. The van der Waals surface area contributed by atoms with E-state index in [1.54, 1.807) is 4.90 Å². The summed E-state index contributed by atoms with van der Waals surface area (Å²) < 4.78 is 1.14. The van der Waals surface area contributed by atoms with Gasteiger partial charge in [0.2, 0.25) is 0 Å². The van der Waals surface area contributed by atoms with Gasteiger partial charge in [0.1, 0.15) is 0 Å². The molecule has 0 aliphatic carbocycles. The highest BCUT2D eigenvalue weighted by Crippen LogP contribution is 2.26. The van der Waals surface area contributed by atoms with E-state index in [2.05, 4.69) is 0 Å². The number of nitrogens with two attached hydrogens (primary N) is 1. The first kappa shape index (κ1) is 13.6. The fourth-order valence-corrected chi connectivity index (χ4v) is 3.30. The van der Waals surface area contributed by atoms with E-state index < -0.39 is 0 Å². The summed E-state index contributed by atoms with van der Waals surface area (Å²) in [6, 6.07) is 17.6. The van der Waals surface area contributed by atoms with Crippen molar-refractivity contribution in [3.05, 3.63) is 65.0 Å². The van der Waals surface area contributed by atoms with Gasteiger partial charge >= 0.3 is 0 Å². The molecule has 0 atom stereocenters. The van der Waals surface area contributed by atoms with E-state index in [-0.39, 0.29) is 5.91 Å². The lowest BCUT2D eigenvalue weighted by Crippen LogP contribution is -2.25. The van der Waals surface area contributed by atoms with Crippen molar-refractivity contribution in [2.75, 3.05) is 12.8 Å². The van der Waals surface area contributed by atoms with Crippen LogP contribution < -0.4 is 5.73 Å². The molecule has 106 valence electrons. The number of hydrogen-bond donors (Lipinski definition) is 1. The van der Waals surface area contributed by atoms with Gasteiger partial charge in [-0.1, -0.05) is 30.3 Å². The zero-order valence-electron chi connectivity index (χ0n) is 11.7. The average Bonchev–Trinajstić information content (AvgIpc) is 2.92. The van der Waals surface area contributed by atoms with Crippen molar-refractivity contribution in [3.63, 3.8) is 0 Å². The molecule has 0 bridgehead atoms. The molecule has 0 unspecified atom stereocenters. The molecule has 0 saturated carbocycles. The fourth-order valence-electron chi connectivity index (χ4n) is 2.24. The maximum atomic E-state index is 12.5. The average molecular weight is 296 g/mol. The number of hydrogen-bond acceptors (Lipinski definition) is 3. The molecule has 3 rings (SSSR count). The normalized spacial score (nSPS) is 10.7. The number of carbonyl (C=O) groups excluding carboxylic acids is 1. The van der Waals surface area contributed by atoms with Crippen LogP contribution in [0.3, 0.4) is 0 Å². The minimum atomic E-state index is 0.0491. The highest BCUT2D eigenvalue weighted by molar-refractivity contribution is 7.20. The lowest BCUT2D eigenvalue weighted by Gasteiger charge is -2.16. The third-order valence-electron chi connectivity index (χ3n) is 3.38. The summed E-state index contributed by atoms with van der Waals surface area (Å²) in [7, 11) is 1.82. The summed E-state index contributed by atoms with van der Waals surface area (Å²) in [4.78, 5) is 15.0. The van der Waals surface area contributed by atoms with Gasteiger partial charge < -0.3 is 10.6 Å². The number of thiophene rings is 1. The molecule has 3 nitrogen and oxygen atoms in total. The van der Waals surface area contributed by atoms with Crippen molar-refractivity contribution in [3.8, 4) is 0 Å². The van der Waals surface area contributed by atoms with Gasteiger partial charge in [-0.05, 0) is 35.2 Å². The minimum absolute atomic E-state index is 0.0491. The molecule has 4 heteroatoms. The van der Waals surface area contributed by atoms with Crippen LogP contribution in [0.1, 0.15) is 15.2 Å². The van der Waals surface area contributed by atoms with E-state index >= 15 is 0 Å². The number of fused-ring (bicyclic) bond motifs is 1. The molecular formula is C17H16N2OS. The molecule has 0 spiro atoms. The Kier molecular flexibility index (Phi) is 3.62. The zero-order chi connectivity index (χ0) is 14.8. The predicted molar refractivity (Wildman–Crippen MR) is 88.5 cm³/mol. The van der Waals surface area contributed by atoms with Crippen LogP contribution in [0.25, 0.3) is 10.1 Å². The Bertz CT molecular complexity index is 744. The van der Waals surface area contributed by atoms with Crippen LogP contribution in [0.5, 0.6) is 0 Å². The van der Waals surface area contributed by atoms with E-state index in [0.29, 0.717) is 6.54 Å². The van der Waals surface area contributed by atoms with E-state index in [9.17, 15) is 4.79 Å². The summed E-state index contributed by atoms with van der Waals surface area (Å²) in [5.74, 6) is 0.0491. The van der Waals surface area contributed by atoms with Crippen molar-refractivity contribution in [2.45, 2.75) is 6.54 Å². The van der Waals surface area contributed by atoms with Gasteiger partial charge in [0.25, 0.3) is 5.91 Å². The summed E-state index contributed by atoms with van der Waals surface area (Å²) in [5.41, 5.74) is 7.48. The quantitative estimate of drug-likeness (QED) is 0.748. The number of amides is 1. The lowest BCUT2D eigenvalue weighted by molar-refractivity contribution is 0.0790. The summed E-state index contributed by atoms with van der Waals surface area (Å²) in [6.45, 7) is 0.577. The van der Waals surface area contributed by atoms with Gasteiger partial charge in [-0.2, -0.15) is 0 Å². The van der Waals surface area contributed by atoms with E-state index in [4.69, 9.17) is 5.73 Å². The number of rotatable bonds is 3. The van der Waals surface area contributed by atoms with Crippen LogP contribution in [0, 0.1) is 0 Å². The predicted octanol–water partition coefficient (Wildman–Crippen LogP) is 3.76. The Labute approximate surface area is 127 Å². The number of carbonyl (C=O) groups is 1. The molecular weight excluding hydrogens is 280 g/mol. The highest BCUT2D eigenvalue weighted by atomic mass is 32.1. The molecule has 1 amide bonds. The molecule has 2 N–H and O–H groups in total. The Balaban J connectivity index is 1.78. The van der Waals surface area contributed by atoms with Crippen LogP contribution in [-0.4, -0.2) is 17.9 Å². The van der Waals surface area contributed by atoms with E-state index in [1.165, 1.54) is 11.3 Å². The maximum Gasteiger partial charge on any atom is 0.264 e. The second-order valence-corrected chi connectivity index (χ2v) is 6.14. The van der Waals surface area contributed by atoms with Gasteiger partial charge in [-0.3, -0.25) is 4.79 Å². The number of benzene rings is 2. The van der Waals surface area contributed by atoms with Gasteiger partial charge in [0.15, 0.2) is 0 Å². The van der Waals surface area contributed by atoms with Gasteiger partial charge in [-0.15, -0.1) is 11.3 Å². The Morgan fingerprint density at radius 2 is 1.86 bits per heavy atom. The first-order valence-electron chi connectivity index (χ1n) is 6.72. The number of nitrogen functional groups attached to an aromatic ring is 1. The number of nitrogens with zero attached hydrogens (tertiary/aromatic N) is 1. The zero-order valence-corrected chi connectivity index (χ0v) is 12.6. The maximum absolute atomic E-state index is 12.5. The van der Waals surface area contributed by atoms with Crippen LogP contribution in [0.4, 0.5) is 5.69 Å².